The molecule has 0 radical (unpaired) electrons. The number of fused-ring (bicyclic) bond motifs is 1. The van der Waals surface area contributed by atoms with Crippen molar-refractivity contribution >= 4 is 28.5 Å². The lowest BCUT2D eigenvalue weighted by Gasteiger charge is -2.17. The van der Waals surface area contributed by atoms with Gasteiger partial charge in [0.1, 0.15) is 18.0 Å². The summed E-state index contributed by atoms with van der Waals surface area (Å²) >= 11 is 0. The quantitative estimate of drug-likeness (QED) is 0.585. The SMILES string of the molecule is COC(=O)c1c(C[NH+](C)CC(=O)Nc2cccc(OC)c2)nc2ccccc2c1C. The number of hydrogen-bond acceptors (Lipinski definition) is 5. The molecule has 0 aliphatic rings. The molecule has 2 N–H and O–H groups in total. The van der Waals surface area contributed by atoms with E-state index in [1.165, 1.54) is 7.11 Å². The van der Waals surface area contributed by atoms with Gasteiger partial charge < -0.3 is 19.7 Å². The molecule has 0 aliphatic carbocycles. The zero-order chi connectivity index (χ0) is 21.7. The van der Waals surface area contributed by atoms with E-state index in [-0.39, 0.29) is 12.5 Å². The van der Waals surface area contributed by atoms with Crippen molar-refractivity contribution < 1.29 is 24.0 Å². The molecular weight excluding hydrogens is 382 g/mol. The molecule has 0 aliphatic heterocycles. The third-order valence-electron chi connectivity index (χ3n) is 4.90. The van der Waals surface area contributed by atoms with Gasteiger partial charge in [0.05, 0.1) is 32.3 Å². The summed E-state index contributed by atoms with van der Waals surface area (Å²) in [5, 5.41) is 3.78. The number of amides is 1. The lowest BCUT2D eigenvalue weighted by atomic mass is 10.0. The van der Waals surface area contributed by atoms with Crippen LogP contribution in [-0.4, -0.2) is 44.7 Å². The van der Waals surface area contributed by atoms with Gasteiger partial charge in [0.25, 0.3) is 5.91 Å². The van der Waals surface area contributed by atoms with Gasteiger partial charge in [0.2, 0.25) is 0 Å². The van der Waals surface area contributed by atoms with Crippen molar-refractivity contribution in [2.45, 2.75) is 13.5 Å². The fraction of sp³-hybridized carbons (Fsp3) is 0.261. The molecule has 3 aromatic rings. The number of rotatable bonds is 7. The summed E-state index contributed by atoms with van der Waals surface area (Å²) in [6.45, 7) is 2.51. The predicted octanol–water partition coefficient (Wildman–Crippen LogP) is 1.99. The van der Waals surface area contributed by atoms with E-state index in [1.807, 2.05) is 50.4 Å². The fourth-order valence-corrected chi connectivity index (χ4v) is 3.47. The second kappa shape index (κ2) is 9.37. The molecule has 3 rings (SSSR count). The van der Waals surface area contributed by atoms with Gasteiger partial charge in [-0.15, -0.1) is 0 Å². The Morgan fingerprint density at radius 1 is 1.10 bits per heavy atom. The smallest absolute Gasteiger partial charge is 0.340 e. The number of esters is 1. The Labute approximate surface area is 175 Å². The van der Waals surface area contributed by atoms with Crippen LogP contribution in [-0.2, 0) is 16.1 Å². The number of pyridine rings is 1. The third kappa shape index (κ3) is 4.75. The van der Waals surface area contributed by atoms with Crippen LogP contribution in [0.5, 0.6) is 5.75 Å². The Kier molecular flexibility index (Phi) is 6.64. The van der Waals surface area contributed by atoms with Crippen LogP contribution in [0, 0.1) is 6.92 Å². The molecule has 7 heteroatoms. The van der Waals surface area contributed by atoms with Gasteiger partial charge in [0.15, 0.2) is 6.54 Å². The van der Waals surface area contributed by atoms with Crippen LogP contribution in [0.2, 0.25) is 0 Å². The fourth-order valence-electron chi connectivity index (χ4n) is 3.47. The maximum atomic E-state index is 12.5. The monoisotopic (exact) mass is 408 g/mol. The molecule has 0 bridgehead atoms. The number of aryl methyl sites for hydroxylation is 1. The van der Waals surface area contributed by atoms with Gasteiger partial charge in [0, 0.05) is 17.1 Å². The first-order chi connectivity index (χ1) is 14.4. The molecule has 1 aromatic heterocycles. The van der Waals surface area contributed by atoms with Gasteiger partial charge in [-0.1, -0.05) is 24.3 Å². The first-order valence-electron chi connectivity index (χ1n) is 9.64. The van der Waals surface area contributed by atoms with Crippen LogP contribution in [0.1, 0.15) is 21.6 Å². The maximum Gasteiger partial charge on any atom is 0.340 e. The maximum absolute atomic E-state index is 12.5. The topological polar surface area (TPSA) is 82.0 Å². The average molecular weight is 408 g/mol. The standard InChI is InChI=1S/C23H25N3O4/c1-15-18-10-5-6-11-19(18)25-20(22(15)23(28)30-4)13-26(2)14-21(27)24-16-8-7-9-17(12-16)29-3/h5-12H,13-14H2,1-4H3,(H,24,27)/p+1. The number of anilines is 1. The minimum atomic E-state index is -0.422. The molecule has 0 spiro atoms. The second-order valence-corrected chi connectivity index (χ2v) is 7.16. The Bertz CT molecular complexity index is 1080. The third-order valence-corrected chi connectivity index (χ3v) is 4.90. The van der Waals surface area contributed by atoms with E-state index in [2.05, 4.69) is 10.3 Å². The predicted molar refractivity (Wildman–Crippen MR) is 115 cm³/mol. The molecule has 1 unspecified atom stereocenters. The van der Waals surface area contributed by atoms with E-state index >= 15 is 0 Å². The van der Waals surface area contributed by atoms with E-state index in [1.54, 1.807) is 19.2 Å². The first kappa shape index (κ1) is 21.3. The van der Waals surface area contributed by atoms with Crippen molar-refractivity contribution in [3.8, 4) is 5.75 Å². The lowest BCUT2D eigenvalue weighted by molar-refractivity contribution is -0.885. The van der Waals surface area contributed by atoms with Crippen molar-refractivity contribution in [1.82, 2.24) is 4.98 Å². The summed E-state index contributed by atoms with van der Waals surface area (Å²) in [6, 6.07) is 14.9. The number of carbonyl (C=O) groups excluding carboxylic acids is 2. The van der Waals surface area contributed by atoms with Crippen LogP contribution >= 0.6 is 0 Å². The summed E-state index contributed by atoms with van der Waals surface area (Å²) < 4.78 is 10.2. The Morgan fingerprint density at radius 2 is 1.87 bits per heavy atom. The minimum absolute atomic E-state index is 0.141. The number of nitrogens with zero attached hydrogens (tertiary/aromatic N) is 1. The van der Waals surface area contributed by atoms with Crippen molar-refractivity contribution in [2.75, 3.05) is 33.1 Å². The van der Waals surface area contributed by atoms with Crippen LogP contribution in [0.3, 0.4) is 0 Å². The van der Waals surface area contributed by atoms with E-state index in [0.717, 1.165) is 21.4 Å². The zero-order valence-corrected chi connectivity index (χ0v) is 17.6. The number of hydrogen-bond donors (Lipinski definition) is 2. The molecule has 156 valence electrons. The molecule has 1 atom stereocenters. The number of benzene rings is 2. The number of ether oxygens (including phenoxy) is 2. The highest BCUT2D eigenvalue weighted by Crippen LogP contribution is 2.23. The normalized spacial score (nSPS) is 11.7. The van der Waals surface area contributed by atoms with E-state index in [0.29, 0.717) is 29.2 Å². The molecular formula is C23H26N3O4+. The first-order valence-corrected chi connectivity index (χ1v) is 9.64. The summed E-state index contributed by atoms with van der Waals surface area (Å²) in [6.07, 6.45) is 0. The largest absolute Gasteiger partial charge is 0.497 e. The number of nitrogens with one attached hydrogen (secondary N) is 2. The number of likely N-dealkylation sites (N-methyl/N-ethyl adjacent to an activating group) is 1. The number of aromatic nitrogens is 1. The summed E-state index contributed by atoms with van der Waals surface area (Å²) in [5.74, 6) is 0.110. The van der Waals surface area contributed by atoms with E-state index < -0.39 is 5.97 Å². The van der Waals surface area contributed by atoms with Gasteiger partial charge in [-0.2, -0.15) is 0 Å². The lowest BCUT2D eigenvalue weighted by Crippen LogP contribution is -3.08. The van der Waals surface area contributed by atoms with Crippen molar-refractivity contribution in [2.24, 2.45) is 0 Å². The average Bonchev–Trinajstić information content (AvgIpc) is 2.73. The number of carbonyl (C=O) groups is 2. The molecule has 30 heavy (non-hydrogen) atoms. The molecule has 0 fully saturated rings. The minimum Gasteiger partial charge on any atom is -0.497 e. The number of methoxy groups -OCH3 is 2. The zero-order valence-electron chi connectivity index (χ0n) is 17.6. The Hall–Kier alpha value is -3.45. The van der Waals surface area contributed by atoms with E-state index in [9.17, 15) is 9.59 Å². The highest BCUT2D eigenvalue weighted by molar-refractivity contribution is 5.98. The van der Waals surface area contributed by atoms with Crippen LogP contribution in [0.15, 0.2) is 48.5 Å². The van der Waals surface area contributed by atoms with E-state index in [4.69, 9.17) is 9.47 Å². The summed E-state index contributed by atoms with van der Waals surface area (Å²) in [5.41, 5.74) is 3.39. The molecule has 1 heterocycles. The molecule has 0 saturated heterocycles. The highest BCUT2D eigenvalue weighted by Gasteiger charge is 2.22. The molecule has 2 aromatic carbocycles. The van der Waals surface area contributed by atoms with Gasteiger partial charge in [-0.3, -0.25) is 4.79 Å². The van der Waals surface area contributed by atoms with Crippen molar-refractivity contribution in [3.05, 3.63) is 65.4 Å². The second-order valence-electron chi connectivity index (χ2n) is 7.16. The molecule has 0 saturated carbocycles. The molecule has 7 nitrogen and oxygen atoms in total. The van der Waals surface area contributed by atoms with Gasteiger partial charge >= 0.3 is 5.97 Å². The highest BCUT2D eigenvalue weighted by atomic mass is 16.5. The van der Waals surface area contributed by atoms with Gasteiger partial charge in [-0.05, 0) is 30.7 Å². The van der Waals surface area contributed by atoms with Crippen LogP contribution in [0.4, 0.5) is 5.69 Å². The van der Waals surface area contributed by atoms with Crippen LogP contribution < -0.4 is 15.0 Å². The van der Waals surface area contributed by atoms with Gasteiger partial charge in [-0.25, -0.2) is 9.78 Å². The Balaban J connectivity index is 1.79. The van der Waals surface area contributed by atoms with Crippen LogP contribution in [0.25, 0.3) is 10.9 Å². The summed E-state index contributed by atoms with van der Waals surface area (Å²) in [7, 11) is 4.83. The summed E-state index contributed by atoms with van der Waals surface area (Å²) in [4.78, 5) is 30.5. The molecule has 1 amide bonds. The van der Waals surface area contributed by atoms with Crippen molar-refractivity contribution in [1.29, 1.82) is 0 Å². The van der Waals surface area contributed by atoms with Crippen molar-refractivity contribution in [3.63, 3.8) is 0 Å². The number of quaternary nitrogens is 1. The Morgan fingerprint density at radius 3 is 2.60 bits per heavy atom. The number of para-hydroxylation sites is 1.